The van der Waals surface area contributed by atoms with Crippen LogP contribution in [0.2, 0.25) is 0 Å². The van der Waals surface area contributed by atoms with E-state index in [1.54, 1.807) is 0 Å². The third-order valence-electron chi connectivity index (χ3n) is 9.11. The van der Waals surface area contributed by atoms with Crippen LogP contribution >= 0.6 is 0 Å². The molecule has 0 unspecified atom stereocenters. The van der Waals surface area contributed by atoms with E-state index in [-0.39, 0.29) is 0 Å². The lowest BCUT2D eigenvalue weighted by molar-refractivity contribution is 0.619. The average molecular weight is 626 g/mol. The quantitative estimate of drug-likeness (QED) is 0.168. The maximum Gasteiger partial charge on any atom is 0.227 e. The highest BCUT2D eigenvalue weighted by Crippen LogP contribution is 2.37. The normalized spacial score (nSPS) is 11.4. The van der Waals surface area contributed by atoms with Gasteiger partial charge >= 0.3 is 0 Å². The summed E-state index contributed by atoms with van der Waals surface area (Å²) in [5.74, 6) is 1.23. The smallest absolute Gasteiger partial charge is 0.227 e. The second-order valence-electron chi connectivity index (χ2n) is 12.1. The Morgan fingerprint density at radius 2 is 0.917 bits per heavy atom. The van der Waals surface area contributed by atoms with Crippen molar-refractivity contribution in [1.82, 2.24) is 9.97 Å². The molecule has 0 N–H and O–H groups in total. The molecule has 0 aliphatic heterocycles. The van der Waals surface area contributed by atoms with Gasteiger partial charge in [-0.1, -0.05) is 84.9 Å². The molecular formula is C43H35N3O2. The molecule has 2 aromatic heterocycles. The predicted octanol–water partition coefficient (Wildman–Crippen LogP) is 11.5. The Balaban J connectivity index is 1.06. The van der Waals surface area contributed by atoms with Crippen LogP contribution in [0, 0.1) is 6.92 Å². The summed E-state index contributed by atoms with van der Waals surface area (Å²) in [6.45, 7) is 8.32. The molecule has 0 aliphatic carbocycles. The molecule has 0 saturated heterocycles. The highest BCUT2D eigenvalue weighted by molar-refractivity contribution is 5.91. The highest BCUT2D eigenvalue weighted by Gasteiger charge is 2.17. The molecule has 0 aliphatic rings. The molecule has 5 nitrogen and oxygen atoms in total. The van der Waals surface area contributed by atoms with E-state index in [0.717, 1.165) is 74.2 Å². The van der Waals surface area contributed by atoms with Crippen LogP contribution in [0.1, 0.15) is 19.4 Å². The van der Waals surface area contributed by atoms with Gasteiger partial charge in [0.1, 0.15) is 11.0 Å². The number of anilines is 1. The fourth-order valence-electron chi connectivity index (χ4n) is 6.50. The third kappa shape index (κ3) is 5.43. The van der Waals surface area contributed by atoms with Gasteiger partial charge in [0.25, 0.3) is 0 Å². The maximum absolute atomic E-state index is 6.35. The molecular weight excluding hydrogens is 590 g/mol. The van der Waals surface area contributed by atoms with Crippen molar-refractivity contribution in [2.75, 3.05) is 18.0 Å². The summed E-state index contributed by atoms with van der Waals surface area (Å²) in [5, 5.41) is 0. The maximum atomic E-state index is 6.35. The molecule has 5 heteroatoms. The number of rotatable bonds is 8. The Morgan fingerprint density at radius 3 is 1.42 bits per heavy atom. The van der Waals surface area contributed by atoms with E-state index in [4.69, 9.17) is 18.8 Å². The zero-order chi connectivity index (χ0) is 32.6. The van der Waals surface area contributed by atoms with Crippen LogP contribution in [0.3, 0.4) is 0 Å². The SMILES string of the molecule is CCN(CC)c1cc2nc(-c3ccc(-c4ccc(-c5nc6cc(C)c(-c7ccccc7)cc6o5)cc4)cc3)oc2cc1-c1ccccc1. The number of nitrogens with zero attached hydrogens (tertiary/aromatic N) is 3. The third-order valence-corrected chi connectivity index (χ3v) is 9.11. The second kappa shape index (κ2) is 12.3. The van der Waals surface area contributed by atoms with Crippen molar-refractivity contribution in [3.63, 3.8) is 0 Å². The summed E-state index contributed by atoms with van der Waals surface area (Å²) < 4.78 is 12.6. The van der Waals surface area contributed by atoms with Gasteiger partial charge in [0.2, 0.25) is 11.8 Å². The first-order chi connectivity index (χ1) is 23.6. The largest absolute Gasteiger partial charge is 0.436 e. The molecule has 0 amide bonds. The standard InChI is InChI=1S/C43H35N3O2/c1-4-46(5-2)39-27-38-41(26-36(39)32-14-10-7-11-15-32)48-43(45-38)34-22-18-30(19-23-34)29-16-20-33(21-17-29)42-44-37-24-28(3)35(25-40(37)47-42)31-12-8-6-9-13-31/h6-27H,4-5H2,1-3H3. The van der Waals surface area contributed by atoms with Gasteiger partial charge in [-0.2, -0.15) is 0 Å². The van der Waals surface area contributed by atoms with E-state index in [1.807, 2.05) is 12.1 Å². The Morgan fingerprint density at radius 1 is 0.479 bits per heavy atom. The Hall–Kier alpha value is -5.94. The number of oxazole rings is 2. The minimum absolute atomic E-state index is 0.615. The van der Waals surface area contributed by atoms with Gasteiger partial charge < -0.3 is 13.7 Å². The number of hydrogen-bond acceptors (Lipinski definition) is 5. The Kier molecular flexibility index (Phi) is 7.58. The fraction of sp³-hybridized carbons (Fsp3) is 0.116. The van der Waals surface area contributed by atoms with Gasteiger partial charge in [0, 0.05) is 35.5 Å². The van der Waals surface area contributed by atoms with Crippen molar-refractivity contribution in [1.29, 1.82) is 0 Å². The van der Waals surface area contributed by atoms with E-state index in [2.05, 4.69) is 147 Å². The van der Waals surface area contributed by atoms with Crippen molar-refractivity contribution >= 4 is 27.9 Å². The molecule has 2 heterocycles. The number of benzene rings is 6. The van der Waals surface area contributed by atoms with E-state index in [1.165, 1.54) is 16.8 Å². The number of hydrogen-bond donors (Lipinski definition) is 0. The minimum Gasteiger partial charge on any atom is -0.436 e. The van der Waals surface area contributed by atoms with E-state index < -0.39 is 0 Å². The molecule has 0 bridgehead atoms. The minimum atomic E-state index is 0.615. The molecule has 8 rings (SSSR count). The van der Waals surface area contributed by atoms with E-state index >= 15 is 0 Å². The van der Waals surface area contributed by atoms with Crippen molar-refractivity contribution in [2.45, 2.75) is 20.8 Å². The van der Waals surface area contributed by atoms with Crippen LogP contribution in [-0.2, 0) is 0 Å². The van der Waals surface area contributed by atoms with Crippen LogP contribution in [0.5, 0.6) is 0 Å². The van der Waals surface area contributed by atoms with E-state index in [9.17, 15) is 0 Å². The van der Waals surface area contributed by atoms with Crippen molar-refractivity contribution in [3.05, 3.63) is 139 Å². The molecule has 234 valence electrons. The molecule has 0 fully saturated rings. The zero-order valence-electron chi connectivity index (χ0n) is 27.3. The first-order valence-corrected chi connectivity index (χ1v) is 16.5. The monoisotopic (exact) mass is 625 g/mol. The summed E-state index contributed by atoms with van der Waals surface area (Å²) in [7, 11) is 0. The summed E-state index contributed by atoms with van der Waals surface area (Å²) in [6.07, 6.45) is 0. The zero-order valence-corrected chi connectivity index (χ0v) is 27.3. The van der Waals surface area contributed by atoms with Gasteiger partial charge in [-0.3, -0.25) is 0 Å². The number of aromatic nitrogens is 2. The molecule has 0 atom stereocenters. The molecule has 0 saturated carbocycles. The van der Waals surface area contributed by atoms with Crippen LogP contribution < -0.4 is 4.90 Å². The average Bonchev–Trinajstić information content (AvgIpc) is 3.76. The molecule has 0 radical (unpaired) electrons. The van der Waals surface area contributed by atoms with Crippen LogP contribution in [-0.4, -0.2) is 23.1 Å². The van der Waals surface area contributed by atoms with Crippen LogP contribution in [0.15, 0.2) is 142 Å². The summed E-state index contributed by atoms with van der Waals surface area (Å²) in [6, 6.07) is 46.1. The van der Waals surface area contributed by atoms with Gasteiger partial charge in [0.05, 0.1) is 0 Å². The topological polar surface area (TPSA) is 55.3 Å². The van der Waals surface area contributed by atoms with E-state index in [0.29, 0.717) is 11.8 Å². The van der Waals surface area contributed by atoms with Gasteiger partial charge in [-0.05, 0) is 103 Å². The van der Waals surface area contributed by atoms with Gasteiger partial charge in [0.15, 0.2) is 11.2 Å². The molecule has 8 aromatic rings. The number of aryl methyl sites for hydroxylation is 1. The van der Waals surface area contributed by atoms with Crippen molar-refractivity contribution in [3.8, 4) is 56.3 Å². The summed E-state index contributed by atoms with van der Waals surface area (Å²) in [4.78, 5) is 12.1. The predicted molar refractivity (Wildman–Crippen MR) is 197 cm³/mol. The number of fused-ring (bicyclic) bond motifs is 2. The first kappa shape index (κ1) is 29.5. The lowest BCUT2D eigenvalue weighted by Crippen LogP contribution is -2.22. The van der Waals surface area contributed by atoms with Crippen molar-refractivity contribution in [2.24, 2.45) is 0 Å². The fourth-order valence-corrected chi connectivity index (χ4v) is 6.50. The van der Waals surface area contributed by atoms with Crippen molar-refractivity contribution < 1.29 is 8.83 Å². The molecule has 6 aromatic carbocycles. The lowest BCUT2D eigenvalue weighted by atomic mass is 10.0. The molecule has 48 heavy (non-hydrogen) atoms. The Bertz CT molecular complexity index is 2350. The first-order valence-electron chi connectivity index (χ1n) is 16.5. The Labute approximate surface area is 280 Å². The molecule has 0 spiro atoms. The van der Waals surface area contributed by atoms with Crippen LogP contribution in [0.4, 0.5) is 5.69 Å². The summed E-state index contributed by atoms with van der Waals surface area (Å²) >= 11 is 0. The summed E-state index contributed by atoms with van der Waals surface area (Å²) in [5.41, 5.74) is 14.4. The second-order valence-corrected chi connectivity index (χ2v) is 12.1. The van der Waals surface area contributed by atoms with Gasteiger partial charge in [-0.25, -0.2) is 9.97 Å². The lowest BCUT2D eigenvalue weighted by Gasteiger charge is -2.24. The van der Waals surface area contributed by atoms with Gasteiger partial charge in [-0.15, -0.1) is 0 Å². The highest BCUT2D eigenvalue weighted by atomic mass is 16.4. The van der Waals surface area contributed by atoms with Crippen LogP contribution in [0.25, 0.3) is 78.5 Å².